The molecule has 8 heteroatoms. The SMILES string of the molecule is O=C(CSc1ccnc2ccccc12)Nc1cccc(S(=O)(=O)N2CCCC2)c1. The molecule has 0 radical (unpaired) electrons. The Bertz CT molecular complexity index is 1140. The van der Waals surface area contributed by atoms with Crippen LogP contribution in [-0.4, -0.2) is 42.5 Å². The normalized spacial score (nSPS) is 14.9. The van der Waals surface area contributed by atoms with Crippen LogP contribution < -0.4 is 5.32 Å². The van der Waals surface area contributed by atoms with E-state index in [0.717, 1.165) is 28.6 Å². The predicted molar refractivity (Wildman–Crippen MR) is 116 cm³/mol. The largest absolute Gasteiger partial charge is 0.325 e. The molecule has 1 aliphatic heterocycles. The van der Waals surface area contributed by atoms with Gasteiger partial charge in [-0.25, -0.2) is 8.42 Å². The molecule has 1 saturated heterocycles. The molecule has 29 heavy (non-hydrogen) atoms. The molecule has 1 fully saturated rings. The van der Waals surface area contributed by atoms with Crippen LogP contribution in [-0.2, 0) is 14.8 Å². The average Bonchev–Trinajstić information content (AvgIpc) is 3.28. The molecule has 6 nitrogen and oxygen atoms in total. The number of hydrogen-bond donors (Lipinski definition) is 1. The number of benzene rings is 2. The van der Waals surface area contributed by atoms with Gasteiger partial charge in [0.05, 0.1) is 16.2 Å². The van der Waals surface area contributed by atoms with Crippen molar-refractivity contribution in [3.63, 3.8) is 0 Å². The van der Waals surface area contributed by atoms with E-state index in [1.807, 2.05) is 30.3 Å². The Morgan fingerprint density at radius 2 is 1.86 bits per heavy atom. The Morgan fingerprint density at radius 3 is 2.69 bits per heavy atom. The summed E-state index contributed by atoms with van der Waals surface area (Å²) in [7, 11) is -3.51. The molecule has 2 heterocycles. The molecule has 0 aliphatic carbocycles. The van der Waals surface area contributed by atoms with Crippen molar-refractivity contribution in [3.8, 4) is 0 Å². The van der Waals surface area contributed by atoms with Crippen LogP contribution in [0.1, 0.15) is 12.8 Å². The second-order valence-corrected chi connectivity index (χ2v) is 9.76. The number of fused-ring (bicyclic) bond motifs is 1. The number of nitrogens with zero attached hydrogens (tertiary/aromatic N) is 2. The van der Waals surface area contributed by atoms with E-state index in [2.05, 4.69) is 10.3 Å². The molecule has 0 bridgehead atoms. The van der Waals surface area contributed by atoms with Crippen LogP contribution in [0, 0.1) is 0 Å². The average molecular weight is 428 g/mol. The Hall–Kier alpha value is -2.42. The molecule has 3 aromatic rings. The number of para-hydroxylation sites is 1. The summed E-state index contributed by atoms with van der Waals surface area (Å²) in [5.74, 6) is 0.0310. The first-order chi connectivity index (χ1) is 14.0. The topological polar surface area (TPSA) is 79.4 Å². The predicted octanol–water partition coefficient (Wildman–Crippen LogP) is 3.75. The molecule has 2 aromatic carbocycles. The van der Waals surface area contributed by atoms with Gasteiger partial charge in [-0.05, 0) is 43.2 Å². The summed E-state index contributed by atoms with van der Waals surface area (Å²) in [5.41, 5.74) is 1.37. The van der Waals surface area contributed by atoms with Gasteiger partial charge in [0.2, 0.25) is 15.9 Å². The molecule has 150 valence electrons. The van der Waals surface area contributed by atoms with Gasteiger partial charge in [-0.2, -0.15) is 4.31 Å². The Balaban J connectivity index is 1.43. The quantitative estimate of drug-likeness (QED) is 0.606. The van der Waals surface area contributed by atoms with Crippen LogP contribution >= 0.6 is 11.8 Å². The number of carbonyl (C=O) groups excluding carboxylic acids is 1. The maximum atomic E-state index is 12.7. The number of hydrogen-bond acceptors (Lipinski definition) is 5. The lowest BCUT2D eigenvalue weighted by molar-refractivity contribution is -0.113. The minimum absolute atomic E-state index is 0.188. The molecule has 0 atom stereocenters. The van der Waals surface area contributed by atoms with Crippen LogP contribution in [0.2, 0.25) is 0 Å². The van der Waals surface area contributed by atoms with E-state index in [-0.39, 0.29) is 16.6 Å². The zero-order valence-corrected chi connectivity index (χ0v) is 17.4. The number of nitrogens with one attached hydrogen (secondary N) is 1. The smallest absolute Gasteiger partial charge is 0.243 e. The highest BCUT2D eigenvalue weighted by molar-refractivity contribution is 8.00. The monoisotopic (exact) mass is 427 g/mol. The Morgan fingerprint density at radius 1 is 1.07 bits per heavy atom. The van der Waals surface area contributed by atoms with E-state index in [1.165, 1.54) is 22.1 Å². The molecular weight excluding hydrogens is 406 g/mol. The minimum atomic E-state index is -3.51. The zero-order chi connectivity index (χ0) is 20.3. The maximum Gasteiger partial charge on any atom is 0.243 e. The minimum Gasteiger partial charge on any atom is -0.325 e. The first kappa shape index (κ1) is 19.9. The van der Waals surface area contributed by atoms with Gasteiger partial charge in [-0.3, -0.25) is 9.78 Å². The standard InChI is InChI=1S/C21H21N3O3S2/c25-21(15-28-20-10-11-22-19-9-2-1-8-18(19)20)23-16-6-5-7-17(14-16)29(26,27)24-12-3-4-13-24/h1-2,5-11,14H,3-4,12-13,15H2,(H,23,25). The summed E-state index contributed by atoms with van der Waals surface area (Å²) in [6, 6.07) is 16.1. The highest BCUT2D eigenvalue weighted by Crippen LogP contribution is 2.27. The van der Waals surface area contributed by atoms with Crippen LogP contribution in [0.5, 0.6) is 0 Å². The second kappa shape index (κ2) is 8.52. The van der Waals surface area contributed by atoms with Crippen LogP contribution in [0.25, 0.3) is 10.9 Å². The van der Waals surface area contributed by atoms with Gasteiger partial charge < -0.3 is 5.32 Å². The van der Waals surface area contributed by atoms with Crippen molar-refractivity contribution in [2.24, 2.45) is 0 Å². The fourth-order valence-corrected chi connectivity index (χ4v) is 5.76. The van der Waals surface area contributed by atoms with E-state index in [9.17, 15) is 13.2 Å². The van der Waals surface area contributed by atoms with E-state index in [0.29, 0.717) is 18.8 Å². The Labute approximate surface area is 174 Å². The number of anilines is 1. The summed E-state index contributed by atoms with van der Waals surface area (Å²) in [6.45, 7) is 1.10. The van der Waals surface area contributed by atoms with Gasteiger partial charge in [0.25, 0.3) is 0 Å². The van der Waals surface area contributed by atoms with Crippen molar-refractivity contribution >= 4 is 44.3 Å². The van der Waals surface area contributed by atoms with Crippen molar-refractivity contribution in [1.29, 1.82) is 0 Å². The Kier molecular flexibility index (Phi) is 5.84. The molecule has 4 rings (SSSR count). The second-order valence-electron chi connectivity index (χ2n) is 6.80. The summed E-state index contributed by atoms with van der Waals surface area (Å²) in [6.07, 6.45) is 3.50. The van der Waals surface area contributed by atoms with Crippen molar-refractivity contribution in [2.45, 2.75) is 22.6 Å². The fourth-order valence-electron chi connectivity index (χ4n) is 3.35. The van der Waals surface area contributed by atoms with Crippen molar-refractivity contribution < 1.29 is 13.2 Å². The third kappa shape index (κ3) is 4.44. The lowest BCUT2D eigenvalue weighted by atomic mass is 10.2. The summed E-state index contributed by atoms with van der Waals surface area (Å²) < 4.78 is 26.9. The van der Waals surface area contributed by atoms with Gasteiger partial charge in [0, 0.05) is 35.3 Å². The number of aromatic nitrogens is 1. The van der Waals surface area contributed by atoms with Crippen LogP contribution in [0.3, 0.4) is 0 Å². The van der Waals surface area contributed by atoms with Crippen molar-refractivity contribution in [3.05, 3.63) is 60.8 Å². The number of thioether (sulfide) groups is 1. The van der Waals surface area contributed by atoms with Gasteiger partial charge in [0.15, 0.2) is 0 Å². The lowest BCUT2D eigenvalue weighted by Crippen LogP contribution is -2.28. The summed E-state index contributed by atoms with van der Waals surface area (Å²) in [5, 5.41) is 3.81. The third-order valence-electron chi connectivity index (χ3n) is 4.79. The molecule has 1 N–H and O–H groups in total. The number of pyridine rings is 1. The van der Waals surface area contributed by atoms with Gasteiger partial charge >= 0.3 is 0 Å². The summed E-state index contributed by atoms with van der Waals surface area (Å²) >= 11 is 1.43. The highest BCUT2D eigenvalue weighted by Gasteiger charge is 2.27. The number of rotatable bonds is 6. The molecule has 1 amide bonds. The van der Waals surface area contributed by atoms with Gasteiger partial charge in [-0.15, -0.1) is 11.8 Å². The molecule has 0 saturated carbocycles. The molecular formula is C21H21N3O3S2. The van der Waals surface area contributed by atoms with Crippen LogP contribution in [0.4, 0.5) is 5.69 Å². The number of carbonyl (C=O) groups is 1. The van der Waals surface area contributed by atoms with E-state index in [4.69, 9.17) is 0 Å². The fraction of sp³-hybridized carbons (Fsp3) is 0.238. The van der Waals surface area contributed by atoms with Crippen LogP contribution in [0.15, 0.2) is 70.6 Å². The molecule has 1 aliphatic rings. The molecule has 0 spiro atoms. The zero-order valence-electron chi connectivity index (χ0n) is 15.7. The molecule has 1 aromatic heterocycles. The number of sulfonamides is 1. The first-order valence-electron chi connectivity index (χ1n) is 9.41. The lowest BCUT2D eigenvalue weighted by Gasteiger charge is -2.16. The first-order valence-corrected chi connectivity index (χ1v) is 11.8. The molecule has 0 unspecified atom stereocenters. The van der Waals surface area contributed by atoms with E-state index in [1.54, 1.807) is 24.4 Å². The van der Waals surface area contributed by atoms with Gasteiger partial charge in [0.1, 0.15) is 0 Å². The van der Waals surface area contributed by atoms with Crippen molar-refractivity contribution in [2.75, 3.05) is 24.2 Å². The number of amides is 1. The van der Waals surface area contributed by atoms with Crippen molar-refractivity contribution in [1.82, 2.24) is 9.29 Å². The van der Waals surface area contributed by atoms with E-state index < -0.39 is 10.0 Å². The highest BCUT2D eigenvalue weighted by atomic mass is 32.2. The summed E-state index contributed by atoms with van der Waals surface area (Å²) in [4.78, 5) is 18.0. The van der Waals surface area contributed by atoms with Gasteiger partial charge in [-0.1, -0.05) is 24.3 Å². The maximum absolute atomic E-state index is 12.7. The van der Waals surface area contributed by atoms with E-state index >= 15 is 0 Å². The third-order valence-corrected chi connectivity index (χ3v) is 7.76.